The molecule has 0 radical (unpaired) electrons. The van der Waals surface area contributed by atoms with Crippen LogP contribution in [0.1, 0.15) is 32.6 Å². The smallest absolute Gasteiger partial charge is 0.241 e. The van der Waals surface area contributed by atoms with Gasteiger partial charge in [0.2, 0.25) is 11.8 Å². The van der Waals surface area contributed by atoms with Crippen LogP contribution in [0.3, 0.4) is 0 Å². The van der Waals surface area contributed by atoms with E-state index in [0.717, 1.165) is 38.8 Å². The number of likely N-dealkylation sites (N-methyl/N-ethyl adjacent to an activating group) is 1. The molecule has 2 saturated heterocycles. The summed E-state index contributed by atoms with van der Waals surface area (Å²) < 4.78 is 0. The van der Waals surface area contributed by atoms with Crippen LogP contribution >= 0.6 is 0 Å². The molecular formula is C14H25N3O2. The zero-order chi connectivity index (χ0) is 13.9. The highest BCUT2D eigenvalue weighted by Gasteiger charge is 2.42. The number of carbonyl (C=O) groups is 2. The molecule has 2 aliphatic heterocycles. The summed E-state index contributed by atoms with van der Waals surface area (Å²) in [5, 5.41) is 3.33. The summed E-state index contributed by atoms with van der Waals surface area (Å²) in [7, 11) is 1.80. The largest absolute Gasteiger partial charge is 0.342 e. The first-order valence-electron chi connectivity index (χ1n) is 7.33. The van der Waals surface area contributed by atoms with Gasteiger partial charge in [-0.2, -0.15) is 0 Å². The summed E-state index contributed by atoms with van der Waals surface area (Å²) in [6.45, 7) is 5.55. The summed E-state index contributed by atoms with van der Waals surface area (Å²) in [6, 6.07) is 0. The monoisotopic (exact) mass is 267 g/mol. The van der Waals surface area contributed by atoms with Crippen molar-refractivity contribution in [3.63, 3.8) is 0 Å². The number of hydrogen-bond donors (Lipinski definition) is 1. The lowest BCUT2D eigenvalue weighted by atomic mass is 9.74. The normalized spacial score (nSPS) is 23.6. The highest BCUT2D eigenvalue weighted by atomic mass is 16.2. The van der Waals surface area contributed by atoms with Gasteiger partial charge >= 0.3 is 0 Å². The number of piperazine rings is 1. The second-order valence-corrected chi connectivity index (χ2v) is 5.82. The third-order valence-electron chi connectivity index (χ3n) is 4.49. The standard InChI is InChI=1S/C14H25N3O2/c1-3-4-14(5-7-15-8-6-14)13(19)17-10-9-16(2)12(18)11-17/h15H,3-11H2,1-2H3. The molecule has 0 aromatic carbocycles. The van der Waals surface area contributed by atoms with Gasteiger partial charge in [0.25, 0.3) is 0 Å². The van der Waals surface area contributed by atoms with Gasteiger partial charge in [-0.05, 0) is 32.4 Å². The second kappa shape index (κ2) is 5.90. The number of nitrogens with zero attached hydrogens (tertiary/aromatic N) is 2. The number of piperidine rings is 1. The second-order valence-electron chi connectivity index (χ2n) is 5.82. The lowest BCUT2D eigenvalue weighted by Crippen LogP contribution is -2.56. The minimum Gasteiger partial charge on any atom is -0.342 e. The van der Waals surface area contributed by atoms with Gasteiger partial charge in [0.05, 0.1) is 12.0 Å². The fourth-order valence-corrected chi connectivity index (χ4v) is 3.22. The maximum absolute atomic E-state index is 12.8. The maximum atomic E-state index is 12.8. The van der Waals surface area contributed by atoms with Crippen LogP contribution in [0.5, 0.6) is 0 Å². The average molecular weight is 267 g/mol. The Kier molecular flexibility index (Phi) is 4.45. The molecule has 0 atom stereocenters. The predicted octanol–water partition coefficient (Wildman–Crippen LogP) is 0.457. The topological polar surface area (TPSA) is 52.7 Å². The van der Waals surface area contributed by atoms with Crippen LogP contribution < -0.4 is 5.32 Å². The highest BCUT2D eigenvalue weighted by molar-refractivity contribution is 5.89. The van der Waals surface area contributed by atoms with Crippen molar-refractivity contribution in [2.75, 3.05) is 39.8 Å². The van der Waals surface area contributed by atoms with Crippen molar-refractivity contribution in [1.82, 2.24) is 15.1 Å². The fraction of sp³-hybridized carbons (Fsp3) is 0.857. The Balaban J connectivity index is 2.09. The van der Waals surface area contributed by atoms with Gasteiger partial charge in [0.15, 0.2) is 0 Å². The Morgan fingerprint density at radius 3 is 2.58 bits per heavy atom. The van der Waals surface area contributed by atoms with E-state index in [1.165, 1.54) is 0 Å². The third-order valence-corrected chi connectivity index (χ3v) is 4.49. The minimum absolute atomic E-state index is 0.0557. The van der Waals surface area contributed by atoms with E-state index in [2.05, 4.69) is 12.2 Å². The molecular weight excluding hydrogens is 242 g/mol. The van der Waals surface area contributed by atoms with Gasteiger partial charge in [-0.1, -0.05) is 13.3 Å². The molecule has 5 nitrogen and oxygen atoms in total. The van der Waals surface area contributed by atoms with Crippen LogP contribution in [0.15, 0.2) is 0 Å². The zero-order valence-electron chi connectivity index (χ0n) is 12.1. The SMILES string of the molecule is CCCC1(C(=O)N2CCN(C)C(=O)C2)CCNCC1. The Morgan fingerprint density at radius 1 is 1.32 bits per heavy atom. The molecule has 0 aromatic rings. The quantitative estimate of drug-likeness (QED) is 0.808. The highest BCUT2D eigenvalue weighted by Crippen LogP contribution is 2.36. The minimum atomic E-state index is -0.226. The molecule has 108 valence electrons. The summed E-state index contributed by atoms with van der Waals surface area (Å²) in [6.07, 6.45) is 3.77. The van der Waals surface area contributed by atoms with E-state index in [1.54, 1.807) is 16.8 Å². The number of carbonyl (C=O) groups excluding carboxylic acids is 2. The predicted molar refractivity (Wildman–Crippen MR) is 73.7 cm³/mol. The van der Waals surface area contributed by atoms with Crippen molar-refractivity contribution in [3.8, 4) is 0 Å². The van der Waals surface area contributed by atoms with E-state index in [1.807, 2.05) is 0 Å². The number of rotatable bonds is 3. The lowest BCUT2D eigenvalue weighted by molar-refractivity contribution is -0.152. The molecule has 2 amide bonds. The van der Waals surface area contributed by atoms with Crippen molar-refractivity contribution in [2.45, 2.75) is 32.6 Å². The number of amides is 2. The summed E-state index contributed by atoms with van der Waals surface area (Å²) in [5.41, 5.74) is -0.226. The molecule has 1 N–H and O–H groups in total. The summed E-state index contributed by atoms with van der Waals surface area (Å²) in [5.74, 6) is 0.262. The van der Waals surface area contributed by atoms with Crippen molar-refractivity contribution >= 4 is 11.8 Å². The van der Waals surface area contributed by atoms with Crippen LogP contribution in [0.2, 0.25) is 0 Å². The van der Waals surface area contributed by atoms with Gasteiger partial charge in [0.1, 0.15) is 0 Å². The Labute approximate surface area is 115 Å². The van der Waals surface area contributed by atoms with Crippen LogP contribution in [-0.2, 0) is 9.59 Å². The van der Waals surface area contributed by atoms with Crippen molar-refractivity contribution < 1.29 is 9.59 Å². The van der Waals surface area contributed by atoms with E-state index >= 15 is 0 Å². The molecule has 2 aliphatic rings. The molecule has 5 heteroatoms. The average Bonchev–Trinajstić information content (AvgIpc) is 2.42. The molecule has 2 heterocycles. The van der Waals surface area contributed by atoms with Crippen molar-refractivity contribution in [3.05, 3.63) is 0 Å². The van der Waals surface area contributed by atoms with E-state index in [4.69, 9.17) is 0 Å². The Morgan fingerprint density at radius 2 is 2.00 bits per heavy atom. The zero-order valence-corrected chi connectivity index (χ0v) is 12.1. The van der Waals surface area contributed by atoms with E-state index in [9.17, 15) is 9.59 Å². The van der Waals surface area contributed by atoms with Crippen LogP contribution in [-0.4, -0.2) is 61.4 Å². The molecule has 0 aromatic heterocycles. The van der Waals surface area contributed by atoms with Gasteiger partial charge < -0.3 is 15.1 Å². The number of hydrogen-bond acceptors (Lipinski definition) is 3. The Hall–Kier alpha value is -1.10. The molecule has 0 saturated carbocycles. The van der Waals surface area contributed by atoms with Gasteiger partial charge in [-0.3, -0.25) is 9.59 Å². The van der Waals surface area contributed by atoms with Gasteiger partial charge in [0, 0.05) is 20.1 Å². The molecule has 0 unspecified atom stereocenters. The molecule has 19 heavy (non-hydrogen) atoms. The first-order chi connectivity index (χ1) is 9.09. The van der Waals surface area contributed by atoms with E-state index in [0.29, 0.717) is 13.1 Å². The number of nitrogens with one attached hydrogen (secondary N) is 1. The van der Waals surface area contributed by atoms with Crippen molar-refractivity contribution in [2.24, 2.45) is 5.41 Å². The van der Waals surface area contributed by atoms with Gasteiger partial charge in [-0.15, -0.1) is 0 Å². The Bertz CT molecular complexity index is 345. The molecule has 0 aliphatic carbocycles. The van der Waals surface area contributed by atoms with E-state index in [-0.39, 0.29) is 23.8 Å². The van der Waals surface area contributed by atoms with E-state index < -0.39 is 0 Å². The molecule has 0 bridgehead atoms. The first kappa shape index (κ1) is 14.3. The van der Waals surface area contributed by atoms with Crippen LogP contribution in [0.4, 0.5) is 0 Å². The molecule has 2 rings (SSSR count). The summed E-state index contributed by atoms with van der Waals surface area (Å²) in [4.78, 5) is 28.1. The molecule has 2 fully saturated rings. The van der Waals surface area contributed by atoms with Crippen LogP contribution in [0.25, 0.3) is 0 Å². The fourth-order valence-electron chi connectivity index (χ4n) is 3.22. The maximum Gasteiger partial charge on any atom is 0.241 e. The summed E-state index contributed by atoms with van der Waals surface area (Å²) >= 11 is 0. The third kappa shape index (κ3) is 2.91. The molecule has 0 spiro atoms. The lowest BCUT2D eigenvalue weighted by Gasteiger charge is -2.42. The van der Waals surface area contributed by atoms with Crippen LogP contribution in [0, 0.1) is 5.41 Å². The van der Waals surface area contributed by atoms with Gasteiger partial charge in [-0.25, -0.2) is 0 Å². The first-order valence-corrected chi connectivity index (χ1v) is 7.33. The van der Waals surface area contributed by atoms with Crippen molar-refractivity contribution in [1.29, 1.82) is 0 Å².